The van der Waals surface area contributed by atoms with Gasteiger partial charge < -0.3 is 9.52 Å². The van der Waals surface area contributed by atoms with Gasteiger partial charge in [-0.2, -0.15) is 0 Å². The first kappa shape index (κ1) is 13.8. The molecule has 0 saturated carbocycles. The molecule has 0 spiro atoms. The number of aromatic nitrogens is 1. The summed E-state index contributed by atoms with van der Waals surface area (Å²) in [5, 5.41) is 10.1. The molecule has 1 N–H and O–H groups in total. The molecule has 108 valence electrons. The maximum absolute atomic E-state index is 10.1. The Kier molecular flexibility index (Phi) is 3.52. The molecule has 3 rings (SSSR count). The highest BCUT2D eigenvalue weighted by Gasteiger charge is 2.16. The zero-order valence-corrected chi connectivity index (χ0v) is 12.3. The van der Waals surface area contributed by atoms with Crippen molar-refractivity contribution in [3.8, 4) is 0 Å². The van der Waals surface area contributed by atoms with Crippen LogP contribution in [-0.4, -0.2) is 15.7 Å². The van der Waals surface area contributed by atoms with Gasteiger partial charge in [0, 0.05) is 5.57 Å². The van der Waals surface area contributed by atoms with Crippen molar-refractivity contribution in [2.45, 2.75) is 25.9 Å². The minimum Gasteiger partial charge on any atom is -0.436 e. The van der Waals surface area contributed by atoms with Crippen molar-refractivity contribution < 1.29 is 9.52 Å². The molecule has 21 heavy (non-hydrogen) atoms. The van der Waals surface area contributed by atoms with Crippen molar-refractivity contribution in [3.63, 3.8) is 0 Å². The van der Waals surface area contributed by atoms with Gasteiger partial charge in [-0.25, -0.2) is 4.98 Å². The first-order valence-corrected chi connectivity index (χ1v) is 7.20. The summed E-state index contributed by atoms with van der Waals surface area (Å²) in [6.45, 7) is 3.87. The van der Waals surface area contributed by atoms with Gasteiger partial charge in [0.2, 0.25) is 5.89 Å². The molecule has 2 atom stereocenters. The topological polar surface area (TPSA) is 46.3 Å². The number of rotatable bonds is 1. The molecule has 0 aromatic carbocycles. The lowest BCUT2D eigenvalue weighted by atomic mass is 10.0. The summed E-state index contributed by atoms with van der Waals surface area (Å²) in [6.07, 6.45) is 18.3. The van der Waals surface area contributed by atoms with E-state index in [-0.39, 0.29) is 0 Å². The molecular formula is C18H19NO2. The fourth-order valence-corrected chi connectivity index (χ4v) is 2.29. The largest absolute Gasteiger partial charge is 0.436 e. The molecule has 0 saturated heterocycles. The standard InChI is InChI=1S/C18H19NO2/c1-13-6-8-15-16(9-7-13)21-17(19-15)14-5-3-4-11-18(2,20)12-10-14/h4-13,20H,3H2,1-2H3/b11-4-,12-10-,14-5+. The van der Waals surface area contributed by atoms with Gasteiger partial charge in [0.05, 0.1) is 5.60 Å². The van der Waals surface area contributed by atoms with E-state index in [4.69, 9.17) is 4.42 Å². The van der Waals surface area contributed by atoms with Gasteiger partial charge in [0.25, 0.3) is 0 Å². The van der Waals surface area contributed by atoms with Crippen molar-refractivity contribution >= 4 is 17.7 Å². The fourth-order valence-electron chi connectivity index (χ4n) is 2.29. The molecule has 2 aliphatic carbocycles. The quantitative estimate of drug-likeness (QED) is 0.791. The summed E-state index contributed by atoms with van der Waals surface area (Å²) >= 11 is 0. The highest BCUT2D eigenvalue weighted by atomic mass is 16.4. The van der Waals surface area contributed by atoms with Crippen LogP contribution in [-0.2, 0) is 0 Å². The van der Waals surface area contributed by atoms with E-state index in [0.717, 1.165) is 23.4 Å². The molecule has 0 fully saturated rings. The van der Waals surface area contributed by atoms with Gasteiger partial charge in [-0.05, 0) is 37.5 Å². The normalized spacial score (nSPS) is 33.3. The number of fused-ring (bicyclic) bond motifs is 1. The minimum atomic E-state index is -0.932. The summed E-state index contributed by atoms with van der Waals surface area (Å²) in [7, 11) is 0. The van der Waals surface area contributed by atoms with Crippen LogP contribution in [0.25, 0.3) is 17.7 Å². The summed E-state index contributed by atoms with van der Waals surface area (Å²) < 4.78 is 5.86. The van der Waals surface area contributed by atoms with Crippen LogP contribution >= 0.6 is 0 Å². The first-order chi connectivity index (χ1) is 10.0. The van der Waals surface area contributed by atoms with Crippen molar-refractivity contribution in [1.82, 2.24) is 4.98 Å². The molecule has 1 aromatic heterocycles. The minimum absolute atomic E-state index is 0.388. The summed E-state index contributed by atoms with van der Waals surface area (Å²) in [5.74, 6) is 1.76. The zero-order chi connectivity index (χ0) is 14.9. The first-order valence-electron chi connectivity index (χ1n) is 7.20. The molecule has 3 nitrogen and oxygen atoms in total. The SMILES string of the molecule is CC1C=Cc2nc(C3=C/C/C=C\C(C)(O)/C=C\3)oc2C=C1. The molecule has 0 radical (unpaired) electrons. The van der Waals surface area contributed by atoms with Crippen LogP contribution in [0.4, 0.5) is 0 Å². The van der Waals surface area contributed by atoms with E-state index >= 15 is 0 Å². The lowest BCUT2D eigenvalue weighted by molar-refractivity contribution is 0.164. The molecule has 1 heterocycles. The highest BCUT2D eigenvalue weighted by molar-refractivity contribution is 5.72. The van der Waals surface area contributed by atoms with Crippen molar-refractivity contribution in [3.05, 3.63) is 59.9 Å². The zero-order valence-electron chi connectivity index (χ0n) is 12.3. The second kappa shape index (κ2) is 5.34. The third-order valence-electron chi connectivity index (χ3n) is 3.57. The Morgan fingerprint density at radius 2 is 2.05 bits per heavy atom. The number of aliphatic hydroxyl groups is 1. The molecule has 2 aliphatic rings. The second-order valence-corrected chi connectivity index (χ2v) is 5.70. The number of oxazole rings is 1. The van der Waals surface area contributed by atoms with E-state index in [1.807, 2.05) is 30.4 Å². The Bertz CT molecular complexity index is 653. The second-order valence-electron chi connectivity index (χ2n) is 5.70. The smallest absolute Gasteiger partial charge is 0.226 e. The predicted octanol–water partition coefficient (Wildman–Crippen LogP) is 4.00. The monoisotopic (exact) mass is 281 g/mol. The van der Waals surface area contributed by atoms with Crippen LogP contribution in [0.2, 0.25) is 0 Å². The molecule has 1 aromatic rings. The van der Waals surface area contributed by atoms with Gasteiger partial charge in [0.15, 0.2) is 5.76 Å². The van der Waals surface area contributed by atoms with Gasteiger partial charge >= 0.3 is 0 Å². The van der Waals surface area contributed by atoms with Crippen molar-refractivity contribution in [2.24, 2.45) is 5.92 Å². The molecule has 0 amide bonds. The van der Waals surface area contributed by atoms with Gasteiger partial charge in [-0.15, -0.1) is 0 Å². The Morgan fingerprint density at radius 1 is 1.24 bits per heavy atom. The average Bonchev–Trinajstić information content (AvgIpc) is 2.75. The van der Waals surface area contributed by atoms with Gasteiger partial charge in [0.1, 0.15) is 5.69 Å². The van der Waals surface area contributed by atoms with Gasteiger partial charge in [-0.3, -0.25) is 0 Å². The summed E-state index contributed by atoms with van der Waals surface area (Å²) in [5.41, 5.74) is 0.810. The average molecular weight is 281 g/mol. The Balaban J connectivity index is 1.96. The van der Waals surface area contributed by atoms with Crippen molar-refractivity contribution in [1.29, 1.82) is 0 Å². The van der Waals surface area contributed by atoms with Crippen LogP contribution in [0.3, 0.4) is 0 Å². The van der Waals surface area contributed by atoms with Crippen LogP contribution in [0.15, 0.2) is 46.9 Å². The van der Waals surface area contributed by atoms with E-state index < -0.39 is 5.60 Å². The molecule has 0 bridgehead atoms. The fraction of sp³-hybridized carbons (Fsp3) is 0.278. The van der Waals surface area contributed by atoms with Gasteiger partial charge in [-0.1, -0.05) is 43.4 Å². The number of hydrogen-bond acceptors (Lipinski definition) is 3. The number of hydrogen-bond donors (Lipinski definition) is 1. The number of allylic oxidation sites excluding steroid dienone is 6. The molecule has 3 heteroatoms. The van der Waals surface area contributed by atoms with E-state index in [1.54, 1.807) is 19.1 Å². The van der Waals surface area contributed by atoms with Crippen LogP contribution in [0.1, 0.15) is 37.6 Å². The molecule has 2 unspecified atom stereocenters. The van der Waals surface area contributed by atoms with Crippen LogP contribution in [0.5, 0.6) is 0 Å². The summed E-state index contributed by atoms with van der Waals surface area (Å²) in [6, 6.07) is 0. The maximum Gasteiger partial charge on any atom is 0.226 e. The van der Waals surface area contributed by atoms with E-state index in [2.05, 4.69) is 24.1 Å². The lowest BCUT2D eigenvalue weighted by Crippen LogP contribution is -2.16. The van der Waals surface area contributed by atoms with E-state index in [9.17, 15) is 5.11 Å². The van der Waals surface area contributed by atoms with E-state index in [1.165, 1.54) is 0 Å². The van der Waals surface area contributed by atoms with Crippen LogP contribution < -0.4 is 0 Å². The maximum atomic E-state index is 10.1. The van der Waals surface area contributed by atoms with Crippen molar-refractivity contribution in [2.75, 3.05) is 0 Å². The predicted molar refractivity (Wildman–Crippen MR) is 85.2 cm³/mol. The highest BCUT2D eigenvalue weighted by Crippen LogP contribution is 2.26. The number of nitrogens with zero attached hydrogens (tertiary/aromatic N) is 1. The molecular weight excluding hydrogens is 262 g/mol. The Morgan fingerprint density at radius 3 is 2.90 bits per heavy atom. The van der Waals surface area contributed by atoms with Crippen LogP contribution in [0, 0.1) is 5.92 Å². The third kappa shape index (κ3) is 3.14. The molecule has 0 aliphatic heterocycles. The van der Waals surface area contributed by atoms with E-state index in [0.29, 0.717) is 11.8 Å². The summed E-state index contributed by atoms with van der Waals surface area (Å²) in [4.78, 5) is 4.56. The third-order valence-corrected chi connectivity index (χ3v) is 3.57. The Hall–Kier alpha value is -2.13. The lowest BCUT2D eigenvalue weighted by Gasteiger charge is -2.14. The Labute approximate surface area is 124 Å².